The number of carbonyl (C=O) groups excluding carboxylic acids is 1. The summed E-state index contributed by atoms with van der Waals surface area (Å²) in [4.78, 5) is 19.8. The zero-order valence-electron chi connectivity index (χ0n) is 14.8. The Kier molecular flexibility index (Phi) is 4.44. The Morgan fingerprint density at radius 2 is 1.79 bits per heavy atom. The Balaban J connectivity index is 1.62. The fraction of sp³-hybridized carbons (Fsp3) is 0.0500. The van der Waals surface area contributed by atoms with Gasteiger partial charge < -0.3 is 10.3 Å². The number of nitrogens with zero attached hydrogens (tertiary/aromatic N) is 2. The van der Waals surface area contributed by atoms with Crippen LogP contribution in [0.4, 0.5) is 14.5 Å². The fourth-order valence-corrected chi connectivity index (χ4v) is 2.79. The molecule has 0 saturated heterocycles. The number of H-pyrrole nitrogens is 2. The van der Waals surface area contributed by atoms with Crippen molar-refractivity contribution >= 4 is 11.6 Å². The van der Waals surface area contributed by atoms with Gasteiger partial charge in [-0.3, -0.25) is 9.89 Å². The van der Waals surface area contributed by atoms with Gasteiger partial charge in [-0.15, -0.1) is 0 Å². The van der Waals surface area contributed by atoms with E-state index in [2.05, 4.69) is 25.5 Å². The highest BCUT2D eigenvalue weighted by Gasteiger charge is 2.20. The van der Waals surface area contributed by atoms with Crippen molar-refractivity contribution in [3.63, 3.8) is 0 Å². The van der Waals surface area contributed by atoms with Gasteiger partial charge in [-0.1, -0.05) is 35.9 Å². The molecule has 0 aliphatic rings. The molecule has 0 saturated carbocycles. The number of amides is 1. The maximum Gasteiger partial charge on any atom is 0.261 e. The first-order chi connectivity index (χ1) is 13.5. The molecule has 0 unspecified atom stereocenters. The Morgan fingerprint density at radius 1 is 1.07 bits per heavy atom. The molecule has 0 atom stereocenters. The number of rotatable bonds is 4. The molecule has 0 radical (unpaired) electrons. The second kappa shape index (κ2) is 7.07. The number of carbonyl (C=O) groups is 1. The highest BCUT2D eigenvalue weighted by Crippen LogP contribution is 2.27. The summed E-state index contributed by atoms with van der Waals surface area (Å²) in [7, 11) is 0. The summed E-state index contributed by atoms with van der Waals surface area (Å²) in [5, 5.41) is 9.18. The van der Waals surface area contributed by atoms with Gasteiger partial charge >= 0.3 is 0 Å². The van der Waals surface area contributed by atoms with Crippen LogP contribution in [0.2, 0.25) is 0 Å². The van der Waals surface area contributed by atoms with Crippen molar-refractivity contribution in [2.24, 2.45) is 0 Å². The van der Waals surface area contributed by atoms with Crippen LogP contribution in [0.1, 0.15) is 15.9 Å². The fourth-order valence-electron chi connectivity index (χ4n) is 2.79. The van der Waals surface area contributed by atoms with Crippen molar-refractivity contribution in [3.05, 3.63) is 77.6 Å². The monoisotopic (exact) mass is 379 g/mol. The van der Waals surface area contributed by atoms with Crippen LogP contribution in [0.3, 0.4) is 0 Å². The van der Waals surface area contributed by atoms with E-state index in [9.17, 15) is 13.6 Å². The molecule has 0 fully saturated rings. The van der Waals surface area contributed by atoms with Crippen molar-refractivity contribution in [2.75, 3.05) is 5.32 Å². The lowest BCUT2D eigenvalue weighted by atomic mass is 10.1. The second-order valence-electron chi connectivity index (χ2n) is 6.21. The maximum absolute atomic E-state index is 13.8. The number of aromatic nitrogens is 4. The van der Waals surface area contributed by atoms with Gasteiger partial charge in [-0.25, -0.2) is 13.8 Å². The van der Waals surface area contributed by atoms with Crippen LogP contribution in [0.25, 0.3) is 22.8 Å². The summed E-state index contributed by atoms with van der Waals surface area (Å²) >= 11 is 0. The molecule has 8 heteroatoms. The summed E-state index contributed by atoms with van der Waals surface area (Å²) in [6.07, 6.45) is 3.07. The van der Waals surface area contributed by atoms with Gasteiger partial charge in [0.15, 0.2) is 11.5 Å². The normalized spacial score (nSPS) is 10.8. The molecule has 0 spiro atoms. The zero-order chi connectivity index (χ0) is 19.7. The lowest BCUT2D eigenvalue weighted by Crippen LogP contribution is -2.16. The quantitative estimate of drug-likeness (QED) is 0.494. The van der Waals surface area contributed by atoms with Crippen LogP contribution in [-0.2, 0) is 0 Å². The molecule has 1 amide bonds. The summed E-state index contributed by atoms with van der Waals surface area (Å²) in [5.41, 5.74) is 2.77. The van der Waals surface area contributed by atoms with Gasteiger partial charge in [0.25, 0.3) is 5.91 Å². The molecule has 3 N–H and O–H groups in total. The molecular weight excluding hydrogens is 364 g/mol. The average Bonchev–Trinajstić information content (AvgIpc) is 3.31. The summed E-state index contributed by atoms with van der Waals surface area (Å²) in [6, 6.07) is 11.1. The first-order valence-corrected chi connectivity index (χ1v) is 8.44. The minimum absolute atomic E-state index is 0.248. The van der Waals surface area contributed by atoms with Crippen molar-refractivity contribution in [2.45, 2.75) is 6.92 Å². The molecule has 2 aromatic heterocycles. The van der Waals surface area contributed by atoms with E-state index < -0.39 is 23.1 Å². The topological polar surface area (TPSA) is 86.5 Å². The minimum atomic E-state index is -0.942. The van der Waals surface area contributed by atoms with E-state index in [1.54, 1.807) is 6.20 Å². The predicted molar refractivity (Wildman–Crippen MR) is 101 cm³/mol. The Hall–Kier alpha value is -3.81. The number of nitrogens with one attached hydrogen (secondary N) is 3. The number of hydrogen-bond donors (Lipinski definition) is 3. The lowest BCUT2D eigenvalue weighted by Gasteiger charge is -2.06. The molecule has 6 nitrogen and oxygen atoms in total. The Morgan fingerprint density at radius 3 is 2.50 bits per heavy atom. The third-order valence-electron chi connectivity index (χ3n) is 4.24. The molecule has 4 aromatic rings. The zero-order valence-corrected chi connectivity index (χ0v) is 14.8. The van der Waals surface area contributed by atoms with E-state index >= 15 is 0 Å². The number of anilines is 1. The van der Waals surface area contributed by atoms with Crippen LogP contribution >= 0.6 is 0 Å². The average molecular weight is 379 g/mol. The minimum Gasteiger partial charge on any atom is -0.337 e. The first kappa shape index (κ1) is 17.6. The van der Waals surface area contributed by atoms with Crippen LogP contribution in [0.15, 0.2) is 54.9 Å². The third kappa shape index (κ3) is 3.27. The highest BCUT2D eigenvalue weighted by atomic mass is 19.1. The molecule has 140 valence electrons. The number of halogens is 2. The van der Waals surface area contributed by atoms with Gasteiger partial charge in [0.2, 0.25) is 0 Å². The molecule has 0 aliphatic carbocycles. The van der Waals surface area contributed by atoms with Crippen LogP contribution in [0.5, 0.6) is 0 Å². The van der Waals surface area contributed by atoms with E-state index in [-0.39, 0.29) is 5.69 Å². The van der Waals surface area contributed by atoms with E-state index in [0.29, 0.717) is 11.5 Å². The summed E-state index contributed by atoms with van der Waals surface area (Å²) < 4.78 is 27.7. The standard InChI is InChI=1S/C20H15F2N5O/c1-11-5-7-12(8-6-11)15-9-23-19(25-15)18-16(10-24-27-18)26-20(28)17-13(21)3-2-4-14(17)22/h2-10H,1H3,(H,23,25)(H,24,27)(H,26,28). The van der Waals surface area contributed by atoms with Gasteiger partial charge in [0.05, 0.1) is 17.6 Å². The molecule has 4 rings (SSSR count). The summed E-state index contributed by atoms with van der Waals surface area (Å²) in [6.45, 7) is 2.00. The molecule has 2 heterocycles. The van der Waals surface area contributed by atoms with E-state index in [1.807, 2.05) is 31.2 Å². The van der Waals surface area contributed by atoms with Gasteiger partial charge in [-0.2, -0.15) is 5.10 Å². The maximum atomic E-state index is 13.8. The second-order valence-corrected chi connectivity index (χ2v) is 6.21. The highest BCUT2D eigenvalue weighted by molar-refractivity contribution is 6.06. The van der Waals surface area contributed by atoms with Gasteiger partial charge in [0, 0.05) is 6.20 Å². The largest absolute Gasteiger partial charge is 0.337 e. The van der Waals surface area contributed by atoms with Crippen LogP contribution in [0, 0.1) is 18.6 Å². The number of aryl methyl sites for hydroxylation is 1. The smallest absolute Gasteiger partial charge is 0.261 e. The molecule has 2 aromatic carbocycles. The lowest BCUT2D eigenvalue weighted by molar-refractivity contribution is 0.101. The molecule has 28 heavy (non-hydrogen) atoms. The van der Waals surface area contributed by atoms with E-state index in [1.165, 1.54) is 12.3 Å². The number of hydrogen-bond acceptors (Lipinski definition) is 3. The predicted octanol–water partition coefficient (Wildman–Crippen LogP) is 4.31. The first-order valence-electron chi connectivity index (χ1n) is 8.44. The van der Waals surface area contributed by atoms with Crippen molar-refractivity contribution in [3.8, 4) is 22.8 Å². The third-order valence-corrected chi connectivity index (χ3v) is 4.24. The Labute approximate surface area is 158 Å². The Bertz CT molecular complexity index is 1130. The summed E-state index contributed by atoms with van der Waals surface area (Å²) in [5.74, 6) is -2.39. The number of aromatic amines is 2. The molecule has 0 bridgehead atoms. The van der Waals surface area contributed by atoms with E-state index in [4.69, 9.17) is 0 Å². The van der Waals surface area contributed by atoms with Gasteiger partial charge in [-0.05, 0) is 24.6 Å². The van der Waals surface area contributed by atoms with Crippen LogP contribution in [-0.4, -0.2) is 26.1 Å². The van der Waals surface area contributed by atoms with E-state index in [0.717, 1.165) is 29.0 Å². The SMILES string of the molecule is Cc1ccc(-c2cnc(-c3n[nH]cc3NC(=O)c3c(F)cccc3F)[nH]2)cc1. The number of benzene rings is 2. The molecule has 0 aliphatic heterocycles. The number of imidazole rings is 1. The van der Waals surface area contributed by atoms with Crippen LogP contribution < -0.4 is 5.32 Å². The molecular formula is C20H15F2N5O. The van der Waals surface area contributed by atoms with Crippen molar-refractivity contribution < 1.29 is 13.6 Å². The van der Waals surface area contributed by atoms with Gasteiger partial charge in [0.1, 0.15) is 17.2 Å². The van der Waals surface area contributed by atoms with Crippen molar-refractivity contribution in [1.29, 1.82) is 0 Å². The van der Waals surface area contributed by atoms with Crippen molar-refractivity contribution in [1.82, 2.24) is 20.2 Å².